The number of aromatic hydroxyl groups is 1. The molecule has 0 unspecified atom stereocenters. The topological polar surface area (TPSA) is 119 Å². The van der Waals surface area contributed by atoms with Gasteiger partial charge in [0.25, 0.3) is 5.69 Å². The van der Waals surface area contributed by atoms with Crippen LogP contribution in [0.2, 0.25) is 0 Å². The Balaban J connectivity index is 2.17. The molecule has 120 valence electrons. The van der Waals surface area contributed by atoms with Crippen LogP contribution in [0.25, 0.3) is 0 Å². The van der Waals surface area contributed by atoms with E-state index in [1.165, 1.54) is 18.3 Å². The summed E-state index contributed by atoms with van der Waals surface area (Å²) in [6.45, 7) is 1.65. The number of non-ortho nitro benzene ring substituents is 1. The quantitative estimate of drug-likeness (QED) is 0.496. The predicted octanol–water partition coefficient (Wildman–Crippen LogP) is 1.91. The van der Waals surface area contributed by atoms with E-state index in [-0.39, 0.29) is 22.7 Å². The molecule has 0 aromatic heterocycles. The van der Waals surface area contributed by atoms with Crippen LogP contribution in [0.3, 0.4) is 0 Å². The third kappa shape index (κ3) is 4.04. The molecular formula is C16H15N2O5-. The number of hydrogen-bond acceptors (Lipinski definition) is 6. The number of phenols is 1. The van der Waals surface area contributed by atoms with E-state index in [2.05, 4.69) is 4.99 Å². The second-order valence-electron chi connectivity index (χ2n) is 5.03. The van der Waals surface area contributed by atoms with E-state index in [1.54, 1.807) is 19.1 Å². The second kappa shape index (κ2) is 6.89. The highest BCUT2D eigenvalue weighted by atomic mass is 16.6. The Bertz CT molecular complexity index is 728. The lowest BCUT2D eigenvalue weighted by Gasteiger charge is -2.16. The van der Waals surface area contributed by atoms with Crippen molar-refractivity contribution in [2.75, 3.05) is 0 Å². The van der Waals surface area contributed by atoms with Crippen molar-refractivity contribution < 1.29 is 20.2 Å². The first-order valence-corrected chi connectivity index (χ1v) is 6.84. The zero-order valence-electron chi connectivity index (χ0n) is 12.3. The van der Waals surface area contributed by atoms with Gasteiger partial charge in [0, 0.05) is 18.3 Å². The van der Waals surface area contributed by atoms with Crippen LogP contribution in [0.15, 0.2) is 47.5 Å². The van der Waals surface area contributed by atoms with E-state index < -0.39 is 17.1 Å². The first-order chi connectivity index (χ1) is 10.9. The maximum atomic E-state index is 11.7. The molecule has 2 aromatic rings. The van der Waals surface area contributed by atoms with Gasteiger partial charge in [-0.2, -0.15) is 0 Å². The van der Waals surface area contributed by atoms with Gasteiger partial charge in [-0.15, -0.1) is 0 Å². The molecule has 0 amide bonds. The van der Waals surface area contributed by atoms with Crippen LogP contribution in [-0.2, 0) is 0 Å². The number of benzene rings is 2. The van der Waals surface area contributed by atoms with Crippen molar-refractivity contribution in [2.45, 2.75) is 19.1 Å². The van der Waals surface area contributed by atoms with Gasteiger partial charge < -0.3 is 15.3 Å². The van der Waals surface area contributed by atoms with Crippen LogP contribution < -0.4 is 5.11 Å². The Morgan fingerprint density at radius 2 is 1.87 bits per heavy atom. The van der Waals surface area contributed by atoms with E-state index in [0.29, 0.717) is 5.56 Å². The number of phenolic OH excluding ortho intramolecular Hbond substituents is 1. The Labute approximate surface area is 132 Å². The molecule has 0 spiro atoms. The van der Waals surface area contributed by atoms with Gasteiger partial charge in [-0.25, -0.2) is 0 Å². The van der Waals surface area contributed by atoms with Crippen molar-refractivity contribution in [3.63, 3.8) is 0 Å². The van der Waals surface area contributed by atoms with E-state index in [9.17, 15) is 25.4 Å². The minimum Gasteiger partial charge on any atom is -0.872 e. The molecule has 0 fully saturated rings. The van der Waals surface area contributed by atoms with Crippen molar-refractivity contribution in [2.24, 2.45) is 4.99 Å². The molecule has 0 aliphatic carbocycles. The van der Waals surface area contributed by atoms with Crippen molar-refractivity contribution >= 4 is 11.9 Å². The third-order valence-corrected chi connectivity index (χ3v) is 3.34. The van der Waals surface area contributed by atoms with Gasteiger partial charge in [-0.1, -0.05) is 23.9 Å². The summed E-state index contributed by atoms with van der Waals surface area (Å²) in [6.07, 6.45) is 0.296. The Morgan fingerprint density at radius 1 is 1.22 bits per heavy atom. The van der Waals surface area contributed by atoms with Gasteiger partial charge in [-0.3, -0.25) is 15.1 Å². The van der Waals surface area contributed by atoms with E-state index in [4.69, 9.17) is 0 Å². The van der Waals surface area contributed by atoms with Crippen LogP contribution in [0.1, 0.15) is 24.2 Å². The number of rotatable bonds is 5. The summed E-state index contributed by atoms with van der Waals surface area (Å²) in [4.78, 5) is 14.2. The largest absolute Gasteiger partial charge is 0.872 e. The van der Waals surface area contributed by atoms with E-state index in [0.717, 1.165) is 18.2 Å². The Hall–Kier alpha value is -2.93. The molecule has 2 aromatic carbocycles. The van der Waals surface area contributed by atoms with E-state index >= 15 is 0 Å². The first kappa shape index (κ1) is 16.4. The third-order valence-electron chi connectivity index (χ3n) is 3.34. The molecule has 2 atom stereocenters. The molecule has 0 saturated carbocycles. The fourth-order valence-electron chi connectivity index (χ4n) is 1.98. The average Bonchev–Trinajstić information content (AvgIpc) is 2.53. The molecule has 2 N–H and O–H groups in total. The van der Waals surface area contributed by atoms with Crippen LogP contribution in [0.4, 0.5) is 5.69 Å². The zero-order chi connectivity index (χ0) is 17.0. The number of nitro benzene ring substituents is 1. The van der Waals surface area contributed by atoms with Crippen molar-refractivity contribution in [1.82, 2.24) is 0 Å². The predicted molar refractivity (Wildman–Crippen MR) is 82.7 cm³/mol. The summed E-state index contributed by atoms with van der Waals surface area (Å²) in [6, 6.07) is 8.85. The highest BCUT2D eigenvalue weighted by molar-refractivity contribution is 5.84. The summed E-state index contributed by atoms with van der Waals surface area (Å²) >= 11 is 0. The molecule has 7 heteroatoms. The van der Waals surface area contributed by atoms with Gasteiger partial charge in [-0.05, 0) is 30.2 Å². The average molecular weight is 315 g/mol. The van der Waals surface area contributed by atoms with E-state index in [1.807, 2.05) is 0 Å². The monoisotopic (exact) mass is 315 g/mol. The van der Waals surface area contributed by atoms with Gasteiger partial charge in [0.15, 0.2) is 0 Å². The van der Waals surface area contributed by atoms with Gasteiger partial charge in [0.2, 0.25) is 0 Å². The lowest BCUT2D eigenvalue weighted by molar-refractivity contribution is -0.385. The van der Waals surface area contributed by atoms with Crippen LogP contribution in [-0.4, -0.2) is 27.4 Å². The molecule has 23 heavy (non-hydrogen) atoms. The molecule has 0 bridgehead atoms. The molecule has 0 heterocycles. The maximum Gasteiger partial charge on any atom is 0.270 e. The molecule has 2 rings (SSSR count). The number of aliphatic hydroxyl groups excluding tert-OH is 1. The number of aliphatic hydroxyl groups is 1. The lowest BCUT2D eigenvalue weighted by Crippen LogP contribution is -2.13. The summed E-state index contributed by atoms with van der Waals surface area (Å²) in [7, 11) is 0. The number of aliphatic imine (C=N–C) groups is 1. The summed E-state index contributed by atoms with van der Waals surface area (Å²) in [5.41, 5.74) is 0.454. The zero-order valence-corrected chi connectivity index (χ0v) is 12.3. The molecular weight excluding hydrogens is 300 g/mol. The summed E-state index contributed by atoms with van der Waals surface area (Å²) in [5.74, 6) is -0.296. The van der Waals surface area contributed by atoms with Gasteiger partial charge >= 0.3 is 0 Å². The van der Waals surface area contributed by atoms with Crippen LogP contribution in [0, 0.1) is 10.1 Å². The van der Waals surface area contributed by atoms with Crippen molar-refractivity contribution in [3.8, 4) is 11.5 Å². The minimum atomic E-state index is -0.930. The normalized spacial score (nSPS) is 13.8. The van der Waals surface area contributed by atoms with Crippen LogP contribution >= 0.6 is 0 Å². The Morgan fingerprint density at radius 3 is 2.48 bits per heavy atom. The SMILES string of the molecule is C[C@@H](N=Cc1cc([N+](=O)[O-])ccc1[O-])[C@H](O)c1ccc(O)cc1. The molecule has 0 aliphatic heterocycles. The fourth-order valence-corrected chi connectivity index (χ4v) is 1.98. The second-order valence-corrected chi connectivity index (χ2v) is 5.03. The summed E-state index contributed by atoms with van der Waals surface area (Å²) in [5, 5.41) is 41.8. The standard InChI is InChI=1S/C16H16N2O5/c1-10(16(21)11-2-5-14(19)6-3-11)17-9-12-8-13(18(22)23)4-7-15(12)20/h2-10,16,19-21H,1H3/p-1/t10-,16+/m1/s1. The smallest absolute Gasteiger partial charge is 0.270 e. The highest BCUT2D eigenvalue weighted by Crippen LogP contribution is 2.23. The number of nitrogens with zero attached hydrogens (tertiary/aromatic N) is 2. The maximum absolute atomic E-state index is 11.7. The minimum absolute atomic E-state index is 0.0870. The molecule has 0 aliphatic rings. The van der Waals surface area contributed by atoms with Crippen molar-refractivity contribution in [3.05, 3.63) is 63.7 Å². The molecule has 0 radical (unpaired) electrons. The fraction of sp³-hybridized carbons (Fsp3) is 0.188. The molecule has 0 saturated heterocycles. The van der Waals surface area contributed by atoms with Crippen molar-refractivity contribution in [1.29, 1.82) is 0 Å². The summed E-state index contributed by atoms with van der Waals surface area (Å²) < 4.78 is 0. The Kier molecular flexibility index (Phi) is 4.92. The molecule has 7 nitrogen and oxygen atoms in total. The lowest BCUT2D eigenvalue weighted by atomic mass is 10.0. The van der Waals surface area contributed by atoms with Crippen LogP contribution in [0.5, 0.6) is 11.5 Å². The first-order valence-electron chi connectivity index (χ1n) is 6.84. The van der Waals surface area contributed by atoms with Gasteiger partial charge in [0.1, 0.15) is 11.9 Å². The number of hydrogen-bond donors (Lipinski definition) is 2. The van der Waals surface area contributed by atoms with Gasteiger partial charge in [0.05, 0.1) is 11.0 Å². The number of nitro groups is 1. The highest BCUT2D eigenvalue weighted by Gasteiger charge is 2.15.